The highest BCUT2D eigenvalue weighted by Crippen LogP contribution is 2.34. The molecule has 9 heteroatoms. The predicted octanol–water partition coefficient (Wildman–Crippen LogP) is 1.79. The molecule has 2 aromatic rings. The van der Waals surface area contributed by atoms with E-state index >= 15 is 0 Å². The lowest BCUT2D eigenvalue weighted by molar-refractivity contribution is 0.585. The van der Waals surface area contributed by atoms with E-state index in [-0.39, 0.29) is 16.3 Å². The molecule has 0 fully saturated rings. The Kier molecular flexibility index (Phi) is 4.34. The van der Waals surface area contributed by atoms with Gasteiger partial charge >= 0.3 is 0 Å². The highest BCUT2D eigenvalue weighted by molar-refractivity contribution is 7.92. The van der Waals surface area contributed by atoms with E-state index in [2.05, 4.69) is 4.72 Å². The summed E-state index contributed by atoms with van der Waals surface area (Å²) in [5, 5.41) is 0. The lowest BCUT2D eigenvalue weighted by Gasteiger charge is -2.20. The van der Waals surface area contributed by atoms with Crippen LogP contribution in [0.2, 0.25) is 0 Å². The molecule has 1 aliphatic heterocycles. The third-order valence-electron chi connectivity index (χ3n) is 4.21. The number of hydrogen-bond acceptors (Lipinski definition) is 4. The Bertz CT molecular complexity index is 1050. The highest BCUT2D eigenvalue weighted by Gasteiger charge is 2.32. The molecule has 0 saturated heterocycles. The number of rotatable bonds is 4. The van der Waals surface area contributed by atoms with Crippen LogP contribution in [0.1, 0.15) is 11.1 Å². The summed E-state index contributed by atoms with van der Waals surface area (Å²) in [6.07, 6.45) is 0.385. The molecule has 134 valence electrons. The third-order valence-corrected chi connectivity index (χ3v) is 7.44. The maximum absolute atomic E-state index is 13.8. The first kappa shape index (κ1) is 17.8. The van der Waals surface area contributed by atoms with Gasteiger partial charge in [0.1, 0.15) is 5.82 Å². The molecule has 1 heterocycles. The van der Waals surface area contributed by atoms with Crippen LogP contribution < -0.4 is 9.03 Å². The van der Waals surface area contributed by atoms with Gasteiger partial charge in [-0.15, -0.1) is 0 Å². The van der Waals surface area contributed by atoms with Gasteiger partial charge in [0.15, 0.2) is 0 Å². The summed E-state index contributed by atoms with van der Waals surface area (Å²) in [6.45, 7) is 1.73. The fourth-order valence-electron chi connectivity index (χ4n) is 2.74. The second-order valence-electron chi connectivity index (χ2n) is 5.74. The van der Waals surface area contributed by atoms with E-state index in [4.69, 9.17) is 0 Å². The Hall–Kier alpha value is -1.97. The minimum absolute atomic E-state index is 0.0781. The number of benzene rings is 2. The van der Waals surface area contributed by atoms with Gasteiger partial charge in [0, 0.05) is 6.54 Å². The van der Waals surface area contributed by atoms with Crippen molar-refractivity contribution in [2.75, 3.05) is 17.9 Å². The molecule has 3 rings (SSSR count). The Labute approximate surface area is 146 Å². The second-order valence-corrected chi connectivity index (χ2v) is 9.49. The number of nitrogens with zero attached hydrogens (tertiary/aromatic N) is 1. The van der Waals surface area contributed by atoms with Crippen molar-refractivity contribution in [3.05, 3.63) is 53.3 Å². The van der Waals surface area contributed by atoms with Crippen molar-refractivity contribution in [2.24, 2.45) is 0 Å². The normalized spacial score (nSPS) is 14.6. The summed E-state index contributed by atoms with van der Waals surface area (Å²) in [4.78, 5) is -0.0512. The van der Waals surface area contributed by atoms with E-state index in [1.165, 1.54) is 41.7 Å². The monoisotopic (exact) mass is 384 g/mol. The van der Waals surface area contributed by atoms with Crippen LogP contribution in [0.15, 0.2) is 46.2 Å². The van der Waals surface area contributed by atoms with Gasteiger partial charge in [0.2, 0.25) is 10.0 Å². The molecular formula is C16H17FN2O4S2. The van der Waals surface area contributed by atoms with Gasteiger partial charge in [-0.1, -0.05) is 6.07 Å². The SMILES string of the molecule is CNS(=O)(=O)c1ccc2c(c1)CCN2S(=O)(=O)c1ccc(C)c(F)c1. The van der Waals surface area contributed by atoms with Gasteiger partial charge in [-0.2, -0.15) is 0 Å². The third kappa shape index (κ3) is 3.03. The van der Waals surface area contributed by atoms with E-state index in [0.29, 0.717) is 23.2 Å². The van der Waals surface area contributed by atoms with Crippen LogP contribution in [0.4, 0.5) is 10.1 Å². The van der Waals surface area contributed by atoms with E-state index in [0.717, 1.165) is 6.07 Å². The Balaban J connectivity index is 2.04. The highest BCUT2D eigenvalue weighted by atomic mass is 32.2. The first-order chi connectivity index (χ1) is 11.7. The quantitative estimate of drug-likeness (QED) is 0.871. The molecule has 0 spiro atoms. The molecule has 0 bridgehead atoms. The summed E-state index contributed by atoms with van der Waals surface area (Å²) in [7, 11) is -6.21. The Morgan fingerprint density at radius 1 is 1.04 bits per heavy atom. The number of hydrogen-bond donors (Lipinski definition) is 1. The molecule has 6 nitrogen and oxygen atoms in total. The molecule has 1 N–H and O–H groups in total. The summed E-state index contributed by atoms with van der Waals surface area (Å²) in [5.74, 6) is -0.587. The van der Waals surface area contributed by atoms with Gasteiger partial charge in [0.25, 0.3) is 10.0 Å². The second kappa shape index (κ2) is 6.08. The van der Waals surface area contributed by atoms with Crippen LogP contribution in [0.3, 0.4) is 0 Å². The number of halogens is 1. The average Bonchev–Trinajstić information content (AvgIpc) is 3.01. The largest absolute Gasteiger partial charge is 0.266 e. The Morgan fingerprint density at radius 3 is 2.36 bits per heavy atom. The standard InChI is InChI=1S/C16H17FN2O4S2/c1-11-3-4-14(10-15(11)17)25(22,23)19-8-7-12-9-13(5-6-16(12)19)24(20,21)18-2/h3-6,9-10,18H,7-8H2,1-2H3. The maximum Gasteiger partial charge on any atom is 0.264 e. The molecule has 0 aromatic heterocycles. The first-order valence-corrected chi connectivity index (χ1v) is 10.4. The van der Waals surface area contributed by atoms with Crippen LogP contribution in [0.5, 0.6) is 0 Å². The van der Waals surface area contributed by atoms with Crippen molar-refractivity contribution < 1.29 is 21.2 Å². The van der Waals surface area contributed by atoms with E-state index in [1.54, 1.807) is 6.92 Å². The van der Waals surface area contributed by atoms with Gasteiger partial charge in [-0.05, 0) is 61.9 Å². The minimum Gasteiger partial charge on any atom is -0.266 e. The number of fused-ring (bicyclic) bond motifs is 1. The van der Waals surface area contributed by atoms with Crippen LogP contribution in [-0.2, 0) is 26.5 Å². The fourth-order valence-corrected chi connectivity index (χ4v) is 5.04. The molecule has 25 heavy (non-hydrogen) atoms. The molecule has 0 unspecified atom stereocenters. The molecule has 2 aromatic carbocycles. The molecular weight excluding hydrogens is 367 g/mol. The van der Waals surface area contributed by atoms with Crippen molar-refractivity contribution in [3.63, 3.8) is 0 Å². The molecule has 0 saturated carbocycles. The van der Waals surface area contributed by atoms with Crippen molar-refractivity contribution >= 4 is 25.7 Å². The van der Waals surface area contributed by atoms with Crippen molar-refractivity contribution in [2.45, 2.75) is 23.1 Å². The lowest BCUT2D eigenvalue weighted by atomic mass is 10.2. The zero-order valence-electron chi connectivity index (χ0n) is 13.7. The van der Waals surface area contributed by atoms with Crippen LogP contribution in [0.25, 0.3) is 0 Å². The number of aryl methyl sites for hydroxylation is 1. The van der Waals surface area contributed by atoms with Crippen molar-refractivity contribution in [1.29, 1.82) is 0 Å². The Morgan fingerprint density at radius 2 is 1.72 bits per heavy atom. The zero-order valence-corrected chi connectivity index (χ0v) is 15.3. The summed E-state index contributed by atoms with van der Waals surface area (Å²) in [5.41, 5.74) is 1.39. The number of anilines is 1. The van der Waals surface area contributed by atoms with Crippen molar-refractivity contribution in [1.82, 2.24) is 4.72 Å². The van der Waals surface area contributed by atoms with Gasteiger partial charge in [0.05, 0.1) is 15.5 Å². The zero-order chi connectivity index (χ0) is 18.4. The maximum atomic E-state index is 13.8. The summed E-state index contributed by atoms with van der Waals surface area (Å²) in [6, 6.07) is 8.07. The van der Waals surface area contributed by atoms with Crippen LogP contribution in [0, 0.1) is 12.7 Å². The molecule has 0 atom stereocenters. The summed E-state index contributed by atoms with van der Waals surface area (Å²) < 4.78 is 66.6. The summed E-state index contributed by atoms with van der Waals surface area (Å²) >= 11 is 0. The van der Waals surface area contributed by atoms with Gasteiger partial charge < -0.3 is 0 Å². The average molecular weight is 384 g/mol. The van der Waals surface area contributed by atoms with Gasteiger partial charge in [-0.25, -0.2) is 25.9 Å². The predicted molar refractivity (Wildman–Crippen MR) is 92.1 cm³/mol. The van der Waals surface area contributed by atoms with E-state index < -0.39 is 25.9 Å². The topological polar surface area (TPSA) is 83.6 Å². The van der Waals surface area contributed by atoms with E-state index in [9.17, 15) is 21.2 Å². The minimum atomic E-state index is -3.92. The molecule has 0 radical (unpaired) electrons. The number of sulfonamides is 2. The smallest absolute Gasteiger partial charge is 0.264 e. The van der Waals surface area contributed by atoms with Crippen LogP contribution in [-0.4, -0.2) is 30.4 Å². The van der Waals surface area contributed by atoms with Crippen LogP contribution >= 0.6 is 0 Å². The first-order valence-electron chi connectivity index (χ1n) is 7.52. The fraction of sp³-hybridized carbons (Fsp3) is 0.250. The van der Waals surface area contributed by atoms with Crippen molar-refractivity contribution in [3.8, 4) is 0 Å². The lowest BCUT2D eigenvalue weighted by Crippen LogP contribution is -2.29. The van der Waals surface area contributed by atoms with Gasteiger partial charge in [-0.3, -0.25) is 4.31 Å². The molecule has 1 aliphatic rings. The molecule has 0 aliphatic carbocycles. The molecule has 0 amide bonds. The van der Waals surface area contributed by atoms with E-state index in [1.807, 2.05) is 0 Å². The number of nitrogens with one attached hydrogen (secondary N) is 1.